The molecule has 0 aromatic rings. The molecule has 0 aliphatic rings. The van der Waals surface area contributed by atoms with Gasteiger partial charge in [-0.1, -0.05) is 0 Å². The summed E-state index contributed by atoms with van der Waals surface area (Å²) in [6, 6.07) is 0. The number of nitrogens with two attached hydrogens (primary N) is 2. The Balaban J connectivity index is -0.0000000457. The van der Waals surface area contributed by atoms with Crippen LogP contribution in [-0.4, -0.2) is 30.5 Å². The van der Waals surface area contributed by atoms with Crippen molar-refractivity contribution in [2.45, 2.75) is 0 Å². The minimum Gasteiger partial charge on any atom is -0.870 e. The van der Waals surface area contributed by atoms with E-state index in [0.717, 1.165) is 0 Å². The molecule has 12 heavy (non-hydrogen) atoms. The molecular formula is C4H9FeN2O5. The van der Waals surface area contributed by atoms with E-state index in [2.05, 4.69) is 11.5 Å². The fourth-order valence-corrected chi connectivity index (χ4v) is 0. The minimum absolute atomic E-state index is 0. The second-order valence-electron chi connectivity index (χ2n) is 1.15. The van der Waals surface area contributed by atoms with E-state index in [9.17, 15) is 0 Å². The number of rotatable bonds is 2. The number of carboxylic acid groups (broad SMARTS) is 2. The Hall–Kier alpha value is -0.661. The summed E-state index contributed by atoms with van der Waals surface area (Å²) >= 11 is 0. The first-order valence-electron chi connectivity index (χ1n) is 2.34. The smallest absolute Gasteiger partial charge is 0.870 e. The number of carbonyl (C=O) groups excluding carboxylic acids is 2. The molecule has 0 bridgehead atoms. The van der Waals surface area contributed by atoms with Crippen molar-refractivity contribution in [3.05, 3.63) is 0 Å². The van der Waals surface area contributed by atoms with E-state index in [1.54, 1.807) is 0 Å². The van der Waals surface area contributed by atoms with Gasteiger partial charge in [0.2, 0.25) is 0 Å². The number of hydrogen-bond acceptors (Lipinski definition) is 7. The first-order chi connectivity index (χ1) is 4.54. The van der Waals surface area contributed by atoms with Gasteiger partial charge in [-0.2, -0.15) is 0 Å². The molecule has 0 aromatic heterocycles. The van der Waals surface area contributed by atoms with Gasteiger partial charge in [-0.15, -0.1) is 0 Å². The van der Waals surface area contributed by atoms with E-state index >= 15 is 0 Å². The normalized spacial score (nSPS) is 6.17. The molecule has 0 aliphatic heterocycles. The van der Waals surface area contributed by atoms with E-state index in [1.807, 2.05) is 0 Å². The van der Waals surface area contributed by atoms with Crippen molar-refractivity contribution in [2.24, 2.45) is 11.5 Å². The molecular weight excluding hydrogens is 212 g/mol. The molecule has 1 radical (unpaired) electrons. The maximum Gasteiger partial charge on any atom is 3.00 e. The largest absolute Gasteiger partial charge is 3.00 e. The van der Waals surface area contributed by atoms with Gasteiger partial charge in [-0.3, -0.25) is 0 Å². The SMILES string of the molecule is NCC(=O)[O-].NCC(=O)[O-].[Fe+3].[OH-]. The Bertz CT molecular complexity index is 106. The Labute approximate surface area is 79.5 Å². The predicted octanol–water partition coefficient (Wildman–Crippen LogP) is -4.79. The number of carbonyl (C=O) groups is 2. The number of carboxylic acids is 2. The summed E-state index contributed by atoms with van der Waals surface area (Å²) in [5.74, 6) is -2.44. The third-order valence-electron chi connectivity index (χ3n) is 0.333. The van der Waals surface area contributed by atoms with E-state index < -0.39 is 11.9 Å². The molecule has 0 heterocycles. The maximum absolute atomic E-state index is 9.13. The van der Waals surface area contributed by atoms with Crippen molar-refractivity contribution in [2.75, 3.05) is 13.1 Å². The number of hydrogen-bond donors (Lipinski definition) is 2. The molecule has 0 rings (SSSR count). The van der Waals surface area contributed by atoms with Crippen LogP contribution in [0.3, 0.4) is 0 Å². The fraction of sp³-hybridized carbons (Fsp3) is 0.500. The summed E-state index contributed by atoms with van der Waals surface area (Å²) in [5.41, 5.74) is 9.02. The summed E-state index contributed by atoms with van der Waals surface area (Å²) < 4.78 is 0. The summed E-state index contributed by atoms with van der Waals surface area (Å²) in [7, 11) is 0. The second kappa shape index (κ2) is 16.7. The zero-order valence-electron chi connectivity index (χ0n) is 6.00. The van der Waals surface area contributed by atoms with E-state index in [0.29, 0.717) is 0 Å². The average Bonchev–Trinajstić information content (AvgIpc) is 1.89. The van der Waals surface area contributed by atoms with Gasteiger partial charge in [-0.05, 0) is 0 Å². The fourth-order valence-electron chi connectivity index (χ4n) is 0. The van der Waals surface area contributed by atoms with Gasteiger partial charge in [0.15, 0.2) is 0 Å². The van der Waals surface area contributed by atoms with Crippen LogP contribution in [0, 0.1) is 0 Å². The van der Waals surface area contributed by atoms with Crippen molar-refractivity contribution in [3.8, 4) is 0 Å². The molecule has 0 saturated carbocycles. The molecule has 73 valence electrons. The molecule has 5 N–H and O–H groups in total. The van der Waals surface area contributed by atoms with Gasteiger partial charge < -0.3 is 36.7 Å². The van der Waals surface area contributed by atoms with Crippen LogP contribution in [0.25, 0.3) is 0 Å². The van der Waals surface area contributed by atoms with Gasteiger partial charge in [0, 0.05) is 13.1 Å². The van der Waals surface area contributed by atoms with Crippen molar-refractivity contribution in [1.29, 1.82) is 0 Å². The summed E-state index contributed by atoms with van der Waals surface area (Å²) in [6.07, 6.45) is 0. The van der Waals surface area contributed by atoms with Crippen LogP contribution >= 0.6 is 0 Å². The van der Waals surface area contributed by atoms with Gasteiger partial charge in [0.05, 0.1) is 11.9 Å². The Morgan fingerprint density at radius 3 is 1.08 bits per heavy atom. The van der Waals surface area contributed by atoms with E-state index in [-0.39, 0.29) is 35.6 Å². The maximum atomic E-state index is 9.13. The van der Waals surface area contributed by atoms with Crippen LogP contribution in [0.15, 0.2) is 0 Å². The average molecular weight is 221 g/mol. The molecule has 7 nitrogen and oxygen atoms in total. The molecule has 0 spiro atoms. The van der Waals surface area contributed by atoms with Gasteiger partial charge >= 0.3 is 17.1 Å². The first-order valence-corrected chi connectivity index (χ1v) is 2.34. The summed E-state index contributed by atoms with van der Waals surface area (Å²) in [4.78, 5) is 18.3. The van der Waals surface area contributed by atoms with Crippen molar-refractivity contribution < 1.29 is 42.3 Å². The summed E-state index contributed by atoms with van der Waals surface area (Å²) in [6.45, 7) is -0.778. The molecule has 0 fully saturated rings. The minimum atomic E-state index is -1.22. The van der Waals surface area contributed by atoms with Crippen LogP contribution in [0.5, 0.6) is 0 Å². The summed E-state index contributed by atoms with van der Waals surface area (Å²) in [5, 5.41) is 18.3. The Morgan fingerprint density at radius 2 is 1.08 bits per heavy atom. The third-order valence-corrected chi connectivity index (χ3v) is 0.333. The Morgan fingerprint density at radius 1 is 1.00 bits per heavy atom. The number of aliphatic carboxylic acids is 2. The molecule has 0 aliphatic carbocycles. The van der Waals surface area contributed by atoms with Crippen LogP contribution in [-0.2, 0) is 26.7 Å². The van der Waals surface area contributed by atoms with Crippen molar-refractivity contribution in [1.82, 2.24) is 0 Å². The Kier molecular flexibility index (Phi) is 31.4. The molecule has 8 heteroatoms. The van der Waals surface area contributed by atoms with Crippen LogP contribution in [0.1, 0.15) is 0 Å². The molecule has 0 atom stereocenters. The topological polar surface area (TPSA) is 162 Å². The zero-order valence-corrected chi connectivity index (χ0v) is 7.11. The molecule has 0 amide bonds. The molecule has 0 aromatic carbocycles. The monoisotopic (exact) mass is 221 g/mol. The molecule has 0 unspecified atom stereocenters. The van der Waals surface area contributed by atoms with Crippen LogP contribution in [0.2, 0.25) is 0 Å². The third kappa shape index (κ3) is 58.2. The van der Waals surface area contributed by atoms with E-state index in [1.165, 1.54) is 0 Å². The molecule has 0 saturated heterocycles. The van der Waals surface area contributed by atoms with Crippen LogP contribution in [0.4, 0.5) is 0 Å². The van der Waals surface area contributed by atoms with Crippen molar-refractivity contribution in [3.63, 3.8) is 0 Å². The second-order valence-corrected chi connectivity index (χ2v) is 1.15. The van der Waals surface area contributed by atoms with Gasteiger partial charge in [-0.25, -0.2) is 0 Å². The predicted molar refractivity (Wildman–Crippen MR) is 30.1 cm³/mol. The first kappa shape index (κ1) is 22.5. The van der Waals surface area contributed by atoms with Gasteiger partial charge in [0.1, 0.15) is 0 Å². The quantitative estimate of drug-likeness (QED) is 0.441. The standard InChI is InChI=1S/2C2H5NO2.Fe.H2O/c2*3-1-2(4)5;;/h2*1,3H2,(H,4,5);;1H2/q;;+3;/p-3. The van der Waals surface area contributed by atoms with E-state index in [4.69, 9.17) is 19.8 Å². The van der Waals surface area contributed by atoms with Crippen LogP contribution < -0.4 is 21.7 Å². The zero-order chi connectivity index (χ0) is 8.57. The van der Waals surface area contributed by atoms with Gasteiger partial charge in [0.25, 0.3) is 0 Å². The van der Waals surface area contributed by atoms with Crippen molar-refractivity contribution >= 4 is 11.9 Å².